The van der Waals surface area contributed by atoms with Crippen LogP contribution in [0.4, 0.5) is 8.78 Å². The highest BCUT2D eigenvalue weighted by atomic mass is 19.1. The SMILES string of the molecule is O=C(O)c1cccc(CN2CCC(Cc3cc(F)cc(F)c3)CC2)c1. The number of aromatic carboxylic acids is 1. The molecular formula is C20H21F2NO2. The minimum Gasteiger partial charge on any atom is -0.478 e. The molecule has 0 bridgehead atoms. The summed E-state index contributed by atoms with van der Waals surface area (Å²) >= 11 is 0. The number of rotatable bonds is 5. The molecule has 1 heterocycles. The van der Waals surface area contributed by atoms with E-state index in [-0.39, 0.29) is 0 Å². The molecule has 3 rings (SSSR count). The minimum atomic E-state index is -0.914. The molecular weight excluding hydrogens is 324 g/mol. The Bertz CT molecular complexity index is 735. The largest absolute Gasteiger partial charge is 0.478 e. The minimum absolute atomic E-state index is 0.306. The molecule has 1 N–H and O–H groups in total. The van der Waals surface area contributed by atoms with Crippen LogP contribution in [0, 0.1) is 17.6 Å². The van der Waals surface area contributed by atoms with Crippen molar-refractivity contribution in [3.05, 3.63) is 70.8 Å². The number of carboxylic acids is 1. The highest BCUT2D eigenvalue weighted by molar-refractivity contribution is 5.87. The number of carboxylic acid groups (broad SMARTS) is 1. The van der Waals surface area contributed by atoms with E-state index in [2.05, 4.69) is 4.90 Å². The zero-order valence-electron chi connectivity index (χ0n) is 13.9. The van der Waals surface area contributed by atoms with Gasteiger partial charge in [0.05, 0.1) is 5.56 Å². The van der Waals surface area contributed by atoms with Gasteiger partial charge in [0.25, 0.3) is 0 Å². The fourth-order valence-electron chi connectivity index (χ4n) is 3.47. The summed E-state index contributed by atoms with van der Waals surface area (Å²) in [5, 5.41) is 9.06. The first kappa shape index (κ1) is 17.5. The van der Waals surface area contributed by atoms with Crippen LogP contribution in [0.1, 0.15) is 34.3 Å². The van der Waals surface area contributed by atoms with Crippen LogP contribution < -0.4 is 0 Å². The zero-order valence-corrected chi connectivity index (χ0v) is 13.9. The maximum absolute atomic E-state index is 13.3. The Balaban J connectivity index is 1.53. The Hall–Kier alpha value is -2.27. The van der Waals surface area contributed by atoms with Gasteiger partial charge in [0.2, 0.25) is 0 Å². The summed E-state index contributed by atoms with van der Waals surface area (Å²) in [7, 11) is 0. The number of hydrogen-bond donors (Lipinski definition) is 1. The number of nitrogens with zero attached hydrogens (tertiary/aromatic N) is 1. The van der Waals surface area contributed by atoms with Gasteiger partial charge >= 0.3 is 5.97 Å². The lowest BCUT2D eigenvalue weighted by Crippen LogP contribution is -2.33. The van der Waals surface area contributed by atoms with Crippen LogP contribution in [0.15, 0.2) is 42.5 Å². The van der Waals surface area contributed by atoms with Crippen molar-refractivity contribution >= 4 is 5.97 Å². The Kier molecular flexibility index (Phi) is 5.43. The molecule has 1 aliphatic rings. The van der Waals surface area contributed by atoms with E-state index in [1.807, 2.05) is 6.07 Å². The van der Waals surface area contributed by atoms with Crippen LogP contribution >= 0.6 is 0 Å². The fraction of sp³-hybridized carbons (Fsp3) is 0.350. The summed E-state index contributed by atoms with van der Waals surface area (Å²) in [6, 6.07) is 10.7. The van der Waals surface area contributed by atoms with Crippen molar-refractivity contribution in [1.29, 1.82) is 0 Å². The van der Waals surface area contributed by atoms with Crippen molar-refractivity contribution in [3.8, 4) is 0 Å². The molecule has 1 saturated heterocycles. The number of halogens is 2. The Morgan fingerprint density at radius 1 is 1.04 bits per heavy atom. The lowest BCUT2D eigenvalue weighted by molar-refractivity contribution is 0.0696. The molecule has 2 aromatic rings. The van der Waals surface area contributed by atoms with Crippen molar-refractivity contribution in [2.45, 2.75) is 25.8 Å². The Labute approximate surface area is 145 Å². The van der Waals surface area contributed by atoms with E-state index in [9.17, 15) is 13.6 Å². The van der Waals surface area contributed by atoms with Crippen molar-refractivity contribution in [2.24, 2.45) is 5.92 Å². The quantitative estimate of drug-likeness (QED) is 0.886. The predicted octanol–water partition coefficient (Wildman–Crippen LogP) is 4.12. The molecule has 0 amide bonds. The summed E-state index contributed by atoms with van der Waals surface area (Å²) in [4.78, 5) is 13.3. The summed E-state index contributed by atoms with van der Waals surface area (Å²) < 4.78 is 26.6. The number of piperidine rings is 1. The van der Waals surface area contributed by atoms with Gasteiger partial charge < -0.3 is 5.11 Å². The number of benzene rings is 2. The molecule has 3 nitrogen and oxygen atoms in total. The first-order chi connectivity index (χ1) is 12.0. The normalized spacial score (nSPS) is 16.1. The summed E-state index contributed by atoms with van der Waals surface area (Å²) in [6.07, 6.45) is 2.63. The molecule has 132 valence electrons. The topological polar surface area (TPSA) is 40.5 Å². The molecule has 2 aromatic carbocycles. The van der Waals surface area contributed by atoms with Crippen molar-refractivity contribution < 1.29 is 18.7 Å². The van der Waals surface area contributed by atoms with Crippen LogP contribution in [0.5, 0.6) is 0 Å². The monoisotopic (exact) mass is 345 g/mol. The van der Waals surface area contributed by atoms with Gasteiger partial charge in [-0.05, 0) is 73.7 Å². The highest BCUT2D eigenvalue weighted by Gasteiger charge is 2.20. The molecule has 0 atom stereocenters. The van der Waals surface area contributed by atoms with Gasteiger partial charge in [0.1, 0.15) is 11.6 Å². The third kappa shape index (κ3) is 4.86. The summed E-state index contributed by atoms with van der Waals surface area (Å²) in [5.41, 5.74) is 2.01. The van der Waals surface area contributed by atoms with Gasteiger partial charge in [-0.1, -0.05) is 12.1 Å². The van der Waals surface area contributed by atoms with Crippen LogP contribution in [-0.2, 0) is 13.0 Å². The molecule has 1 aliphatic heterocycles. The van der Waals surface area contributed by atoms with E-state index in [4.69, 9.17) is 5.11 Å². The zero-order chi connectivity index (χ0) is 17.8. The lowest BCUT2D eigenvalue weighted by Gasteiger charge is -2.32. The van der Waals surface area contributed by atoms with Gasteiger partial charge in [-0.15, -0.1) is 0 Å². The number of carbonyl (C=O) groups is 1. The molecule has 25 heavy (non-hydrogen) atoms. The highest BCUT2D eigenvalue weighted by Crippen LogP contribution is 2.24. The van der Waals surface area contributed by atoms with Crippen molar-refractivity contribution in [2.75, 3.05) is 13.1 Å². The third-order valence-corrected chi connectivity index (χ3v) is 4.73. The van der Waals surface area contributed by atoms with Gasteiger partial charge in [-0.2, -0.15) is 0 Å². The number of likely N-dealkylation sites (tertiary alicyclic amines) is 1. The van der Waals surface area contributed by atoms with E-state index in [0.717, 1.165) is 44.1 Å². The van der Waals surface area contributed by atoms with Gasteiger partial charge in [0.15, 0.2) is 0 Å². The van der Waals surface area contributed by atoms with E-state index < -0.39 is 17.6 Å². The average Bonchev–Trinajstić information content (AvgIpc) is 2.56. The van der Waals surface area contributed by atoms with E-state index in [1.165, 1.54) is 12.1 Å². The molecule has 0 spiro atoms. The van der Waals surface area contributed by atoms with E-state index in [0.29, 0.717) is 23.5 Å². The standard InChI is InChI=1S/C20H21F2NO2/c21-18-10-16(11-19(22)12-18)8-14-4-6-23(7-5-14)13-15-2-1-3-17(9-15)20(24)25/h1-3,9-12,14H,4-8,13H2,(H,24,25). The molecule has 0 aliphatic carbocycles. The third-order valence-electron chi connectivity index (χ3n) is 4.73. The van der Waals surface area contributed by atoms with Crippen LogP contribution in [0.3, 0.4) is 0 Å². The number of hydrogen-bond acceptors (Lipinski definition) is 2. The fourth-order valence-corrected chi connectivity index (χ4v) is 3.47. The first-order valence-corrected chi connectivity index (χ1v) is 8.49. The Morgan fingerprint density at radius 2 is 1.72 bits per heavy atom. The van der Waals surface area contributed by atoms with Crippen LogP contribution in [0.2, 0.25) is 0 Å². The lowest BCUT2D eigenvalue weighted by atomic mass is 9.90. The first-order valence-electron chi connectivity index (χ1n) is 8.49. The smallest absolute Gasteiger partial charge is 0.335 e. The van der Waals surface area contributed by atoms with Crippen LogP contribution in [-0.4, -0.2) is 29.1 Å². The second-order valence-corrected chi connectivity index (χ2v) is 6.71. The molecule has 5 heteroatoms. The maximum atomic E-state index is 13.3. The molecule has 1 fully saturated rings. The molecule has 0 radical (unpaired) electrons. The Morgan fingerprint density at radius 3 is 2.36 bits per heavy atom. The van der Waals surface area contributed by atoms with E-state index in [1.54, 1.807) is 18.2 Å². The molecule has 0 aromatic heterocycles. The van der Waals surface area contributed by atoms with Gasteiger partial charge in [0, 0.05) is 12.6 Å². The van der Waals surface area contributed by atoms with Crippen LogP contribution in [0.25, 0.3) is 0 Å². The van der Waals surface area contributed by atoms with Crippen molar-refractivity contribution in [1.82, 2.24) is 4.90 Å². The summed E-state index contributed by atoms with van der Waals surface area (Å²) in [5.74, 6) is -1.54. The average molecular weight is 345 g/mol. The second kappa shape index (κ2) is 7.74. The second-order valence-electron chi connectivity index (χ2n) is 6.71. The van der Waals surface area contributed by atoms with Gasteiger partial charge in [-0.3, -0.25) is 4.90 Å². The molecule has 0 saturated carbocycles. The van der Waals surface area contributed by atoms with E-state index >= 15 is 0 Å². The van der Waals surface area contributed by atoms with Gasteiger partial charge in [-0.25, -0.2) is 13.6 Å². The predicted molar refractivity (Wildman–Crippen MR) is 91.5 cm³/mol. The van der Waals surface area contributed by atoms with Crippen molar-refractivity contribution in [3.63, 3.8) is 0 Å². The maximum Gasteiger partial charge on any atom is 0.335 e. The molecule has 0 unspecified atom stereocenters. The summed E-state index contributed by atoms with van der Waals surface area (Å²) in [6.45, 7) is 2.53.